The van der Waals surface area contributed by atoms with Gasteiger partial charge in [-0.3, -0.25) is 9.59 Å². The molecule has 0 saturated carbocycles. The molecular formula is C33H47N3O2. The molecule has 2 amide bonds. The van der Waals surface area contributed by atoms with Gasteiger partial charge in [0, 0.05) is 44.0 Å². The molecule has 0 unspecified atom stereocenters. The van der Waals surface area contributed by atoms with Crippen LogP contribution in [-0.4, -0.2) is 42.9 Å². The summed E-state index contributed by atoms with van der Waals surface area (Å²) in [5.74, 6) is 1.49. The number of hydrogen-bond acceptors (Lipinski definition) is 3. The van der Waals surface area contributed by atoms with Crippen LogP contribution in [0.1, 0.15) is 94.0 Å². The Balaban J connectivity index is 1.43. The van der Waals surface area contributed by atoms with Gasteiger partial charge in [0.25, 0.3) is 5.91 Å². The number of carbonyl (C=O) groups is 2. The van der Waals surface area contributed by atoms with Gasteiger partial charge < -0.3 is 15.1 Å². The molecule has 0 aromatic heterocycles. The second-order valence-electron chi connectivity index (χ2n) is 11.5. The zero-order chi connectivity index (χ0) is 26.7. The van der Waals surface area contributed by atoms with Crippen molar-refractivity contribution in [2.75, 3.05) is 36.4 Å². The zero-order valence-corrected chi connectivity index (χ0v) is 23.6. The van der Waals surface area contributed by atoms with E-state index < -0.39 is 0 Å². The molecule has 0 atom stereocenters. The number of nitrogens with one attached hydrogen (secondary N) is 1. The molecule has 0 radical (unpaired) electrons. The van der Waals surface area contributed by atoms with E-state index in [0.29, 0.717) is 18.3 Å². The monoisotopic (exact) mass is 517 g/mol. The lowest BCUT2D eigenvalue weighted by Gasteiger charge is -2.36. The lowest BCUT2D eigenvalue weighted by Crippen LogP contribution is -2.40. The molecule has 206 valence electrons. The summed E-state index contributed by atoms with van der Waals surface area (Å²) in [6, 6.07) is 16.7. The van der Waals surface area contributed by atoms with Crippen molar-refractivity contribution in [3.63, 3.8) is 0 Å². The third kappa shape index (κ3) is 8.09. The second kappa shape index (κ2) is 14.4. The van der Waals surface area contributed by atoms with Gasteiger partial charge in [-0.1, -0.05) is 69.9 Å². The highest BCUT2D eigenvalue weighted by Crippen LogP contribution is 2.32. The maximum atomic E-state index is 13.8. The Hall–Kier alpha value is -2.82. The van der Waals surface area contributed by atoms with Gasteiger partial charge in [-0.15, -0.1) is 0 Å². The van der Waals surface area contributed by atoms with E-state index in [2.05, 4.69) is 60.5 Å². The fourth-order valence-corrected chi connectivity index (χ4v) is 5.88. The fraction of sp³-hybridized carbons (Fsp3) is 0.576. The van der Waals surface area contributed by atoms with E-state index >= 15 is 0 Å². The highest BCUT2D eigenvalue weighted by Gasteiger charge is 2.27. The second-order valence-corrected chi connectivity index (χ2v) is 11.5. The molecule has 2 aliphatic rings. The molecule has 5 heteroatoms. The van der Waals surface area contributed by atoms with Gasteiger partial charge in [-0.25, -0.2) is 0 Å². The Bertz CT molecular complexity index is 1020. The predicted molar refractivity (Wildman–Crippen MR) is 158 cm³/mol. The van der Waals surface area contributed by atoms with E-state index in [4.69, 9.17) is 0 Å². The van der Waals surface area contributed by atoms with E-state index in [0.717, 1.165) is 88.1 Å². The van der Waals surface area contributed by atoms with Gasteiger partial charge in [-0.2, -0.15) is 0 Å². The standard InChI is InChI=1S/C33H47N3O2/c1-3-4-5-6-10-13-32(37)34-29-14-15-31(30(25-29)33(38)36-20-16-26(2)17-21-36)35-22-18-28(19-23-35)24-27-11-8-7-9-12-27/h7-9,11-12,14-15,25-26,28H,3-6,10,13,16-24H2,1-2H3,(H,34,37). The number of carbonyl (C=O) groups excluding carboxylic acids is 2. The summed E-state index contributed by atoms with van der Waals surface area (Å²) in [4.78, 5) is 30.8. The maximum absolute atomic E-state index is 13.8. The van der Waals surface area contributed by atoms with Gasteiger partial charge in [-0.05, 0) is 74.1 Å². The first-order chi connectivity index (χ1) is 18.5. The van der Waals surface area contributed by atoms with Crippen LogP contribution < -0.4 is 10.2 Å². The lowest BCUT2D eigenvalue weighted by molar-refractivity contribution is -0.116. The third-order valence-corrected chi connectivity index (χ3v) is 8.41. The molecule has 38 heavy (non-hydrogen) atoms. The largest absolute Gasteiger partial charge is 0.371 e. The topological polar surface area (TPSA) is 52.7 Å². The van der Waals surface area contributed by atoms with E-state index in [1.165, 1.54) is 24.8 Å². The van der Waals surface area contributed by atoms with E-state index in [9.17, 15) is 9.59 Å². The van der Waals surface area contributed by atoms with Gasteiger partial charge in [0.15, 0.2) is 0 Å². The predicted octanol–water partition coefficient (Wildman–Crippen LogP) is 7.32. The summed E-state index contributed by atoms with van der Waals surface area (Å²) >= 11 is 0. The average molecular weight is 518 g/mol. The molecule has 5 nitrogen and oxygen atoms in total. The number of rotatable bonds is 11. The number of piperidine rings is 2. The first-order valence-electron chi connectivity index (χ1n) is 15.1. The highest BCUT2D eigenvalue weighted by atomic mass is 16.2. The Morgan fingerprint density at radius 3 is 2.29 bits per heavy atom. The average Bonchev–Trinajstić information content (AvgIpc) is 2.94. The van der Waals surface area contributed by atoms with Crippen molar-refractivity contribution in [3.8, 4) is 0 Å². The van der Waals surface area contributed by atoms with Crippen LogP contribution in [0.25, 0.3) is 0 Å². The van der Waals surface area contributed by atoms with Crippen LogP contribution in [0, 0.1) is 11.8 Å². The zero-order valence-electron chi connectivity index (χ0n) is 23.6. The smallest absolute Gasteiger partial charge is 0.256 e. The number of unbranched alkanes of at least 4 members (excludes halogenated alkanes) is 4. The molecule has 0 aliphatic carbocycles. The maximum Gasteiger partial charge on any atom is 0.256 e. The van der Waals surface area contributed by atoms with Gasteiger partial charge in [0.2, 0.25) is 5.91 Å². The first kappa shape index (κ1) is 28.2. The van der Waals surface area contributed by atoms with Crippen LogP contribution in [0.15, 0.2) is 48.5 Å². The van der Waals surface area contributed by atoms with Crippen LogP contribution >= 0.6 is 0 Å². The normalized spacial score (nSPS) is 17.0. The summed E-state index contributed by atoms with van der Waals surface area (Å²) in [5.41, 5.74) is 3.90. The van der Waals surface area contributed by atoms with E-state index in [1.54, 1.807) is 0 Å². The quantitative estimate of drug-likeness (QED) is 0.318. The molecule has 2 fully saturated rings. The fourth-order valence-electron chi connectivity index (χ4n) is 5.88. The van der Waals surface area contributed by atoms with Gasteiger partial charge in [0.1, 0.15) is 0 Å². The van der Waals surface area contributed by atoms with Crippen LogP contribution in [0.2, 0.25) is 0 Å². The minimum Gasteiger partial charge on any atom is -0.371 e. The molecule has 2 heterocycles. The highest BCUT2D eigenvalue weighted by molar-refractivity contribution is 6.02. The van der Waals surface area contributed by atoms with Crippen LogP contribution in [0.4, 0.5) is 11.4 Å². The van der Waals surface area contributed by atoms with Crippen LogP contribution in [-0.2, 0) is 11.2 Å². The van der Waals surface area contributed by atoms with Crippen LogP contribution in [0.5, 0.6) is 0 Å². The van der Waals surface area contributed by atoms with Crippen molar-refractivity contribution in [1.29, 1.82) is 0 Å². The number of likely N-dealkylation sites (tertiary alicyclic amines) is 1. The molecule has 4 rings (SSSR count). The number of hydrogen-bond donors (Lipinski definition) is 1. The molecular weight excluding hydrogens is 470 g/mol. The number of benzene rings is 2. The Kier molecular flexibility index (Phi) is 10.7. The molecule has 0 spiro atoms. The van der Waals surface area contributed by atoms with Crippen LogP contribution in [0.3, 0.4) is 0 Å². The molecule has 2 aliphatic heterocycles. The number of anilines is 2. The molecule has 1 N–H and O–H groups in total. The van der Waals surface area contributed by atoms with E-state index in [1.807, 2.05) is 17.0 Å². The third-order valence-electron chi connectivity index (χ3n) is 8.41. The molecule has 2 saturated heterocycles. The van der Waals surface area contributed by atoms with E-state index in [-0.39, 0.29) is 11.8 Å². The minimum atomic E-state index is 0.0428. The van der Waals surface area contributed by atoms with Crippen molar-refractivity contribution in [3.05, 3.63) is 59.7 Å². The molecule has 2 aromatic rings. The number of amides is 2. The molecule has 0 bridgehead atoms. The summed E-state index contributed by atoms with van der Waals surface area (Å²) in [6.45, 7) is 8.01. The van der Waals surface area contributed by atoms with Crippen molar-refractivity contribution in [2.24, 2.45) is 11.8 Å². The Labute approximate surface area is 230 Å². The summed E-state index contributed by atoms with van der Waals surface area (Å²) in [5, 5.41) is 3.07. The van der Waals surface area contributed by atoms with Crippen molar-refractivity contribution in [1.82, 2.24) is 4.90 Å². The Morgan fingerprint density at radius 2 is 1.58 bits per heavy atom. The van der Waals surface area contributed by atoms with Gasteiger partial charge >= 0.3 is 0 Å². The molecule has 2 aromatic carbocycles. The van der Waals surface area contributed by atoms with Gasteiger partial charge in [0.05, 0.1) is 5.56 Å². The minimum absolute atomic E-state index is 0.0428. The number of nitrogens with zero attached hydrogens (tertiary/aromatic N) is 2. The van der Waals surface area contributed by atoms with Crippen molar-refractivity contribution >= 4 is 23.2 Å². The Morgan fingerprint density at radius 1 is 0.868 bits per heavy atom. The summed E-state index contributed by atoms with van der Waals surface area (Å²) < 4.78 is 0. The lowest BCUT2D eigenvalue weighted by atomic mass is 9.89. The first-order valence-corrected chi connectivity index (χ1v) is 15.1. The summed E-state index contributed by atoms with van der Waals surface area (Å²) in [7, 11) is 0. The summed E-state index contributed by atoms with van der Waals surface area (Å²) in [6.07, 6.45) is 11.7. The van der Waals surface area contributed by atoms with Crippen molar-refractivity contribution in [2.45, 2.75) is 84.5 Å². The van der Waals surface area contributed by atoms with Crippen molar-refractivity contribution < 1.29 is 9.59 Å². The SMILES string of the molecule is CCCCCCCC(=O)Nc1ccc(N2CCC(Cc3ccccc3)CC2)c(C(=O)N2CCC(C)CC2)c1.